The topological polar surface area (TPSA) is 47.6 Å². The molecule has 1 aliphatic heterocycles. The molecule has 6 heteroatoms. The average Bonchev–Trinajstić information content (AvgIpc) is 2.42. The van der Waals surface area contributed by atoms with Gasteiger partial charge in [-0.3, -0.25) is 0 Å². The lowest BCUT2D eigenvalue weighted by atomic mass is 10.2. The van der Waals surface area contributed by atoms with Crippen LogP contribution in [0.2, 0.25) is 10.0 Å². The van der Waals surface area contributed by atoms with Gasteiger partial charge in [0.1, 0.15) is 5.56 Å². The average molecular weight is 300 g/mol. The fourth-order valence-electron chi connectivity index (χ4n) is 1.60. The van der Waals surface area contributed by atoms with Crippen LogP contribution in [0.25, 0.3) is 0 Å². The fourth-order valence-corrected chi connectivity index (χ4v) is 2.06. The van der Waals surface area contributed by atoms with Crippen LogP contribution in [0.3, 0.4) is 0 Å². The number of esters is 1. The van der Waals surface area contributed by atoms with Crippen LogP contribution in [0.15, 0.2) is 36.6 Å². The third-order valence-electron chi connectivity index (χ3n) is 2.45. The highest BCUT2D eigenvalue weighted by molar-refractivity contribution is 6.37. The summed E-state index contributed by atoms with van der Waals surface area (Å²) >= 11 is 12.0. The Morgan fingerprint density at radius 3 is 2.63 bits per heavy atom. The van der Waals surface area contributed by atoms with Crippen LogP contribution in [0, 0.1) is 0 Å². The van der Waals surface area contributed by atoms with Gasteiger partial charge in [0.15, 0.2) is 12.0 Å². The van der Waals surface area contributed by atoms with E-state index in [1.807, 2.05) is 0 Å². The number of allylic oxidation sites excluding steroid dienone is 2. The van der Waals surface area contributed by atoms with Gasteiger partial charge in [0.2, 0.25) is 0 Å². The molecule has 1 aliphatic rings. The lowest BCUT2D eigenvalue weighted by Gasteiger charge is -2.18. The molecule has 0 saturated carbocycles. The van der Waals surface area contributed by atoms with Crippen molar-refractivity contribution in [2.24, 2.45) is 0 Å². The summed E-state index contributed by atoms with van der Waals surface area (Å²) in [7, 11) is 1.41. The standard InChI is InChI=1S/C13H11Cl2NO3/c1-18-12-9(15)6-5-8(14)11(12)13(17)19-10-4-2-3-7-16-10/h2-7,10,16H,1H3. The number of halogens is 2. The molecule has 1 heterocycles. The number of rotatable bonds is 3. The normalized spacial score (nSPS) is 16.9. The summed E-state index contributed by atoms with van der Waals surface area (Å²) in [6.07, 6.45) is 6.39. The molecule has 0 saturated heterocycles. The number of carbonyl (C=O) groups is 1. The number of methoxy groups -OCH3 is 1. The van der Waals surface area contributed by atoms with Crippen LogP contribution >= 0.6 is 23.2 Å². The number of dihydropyridines is 1. The SMILES string of the molecule is COc1c(Cl)ccc(Cl)c1C(=O)OC1C=CC=CN1. The Morgan fingerprint density at radius 1 is 1.26 bits per heavy atom. The molecule has 1 unspecified atom stereocenters. The van der Waals surface area contributed by atoms with Crippen molar-refractivity contribution in [1.82, 2.24) is 5.32 Å². The molecule has 0 aliphatic carbocycles. The molecule has 0 bridgehead atoms. The Labute approximate surface area is 120 Å². The van der Waals surface area contributed by atoms with E-state index in [-0.39, 0.29) is 16.3 Å². The summed E-state index contributed by atoms with van der Waals surface area (Å²) in [5.41, 5.74) is 0.112. The highest BCUT2D eigenvalue weighted by Crippen LogP contribution is 2.34. The second-order valence-electron chi connectivity index (χ2n) is 3.67. The van der Waals surface area contributed by atoms with Crippen LogP contribution in [-0.2, 0) is 4.74 Å². The van der Waals surface area contributed by atoms with E-state index in [0.717, 1.165) is 0 Å². The number of carbonyl (C=O) groups excluding carboxylic acids is 1. The molecule has 0 spiro atoms. The first-order chi connectivity index (χ1) is 9.13. The molecular weight excluding hydrogens is 289 g/mol. The van der Waals surface area contributed by atoms with Crippen molar-refractivity contribution in [3.63, 3.8) is 0 Å². The summed E-state index contributed by atoms with van der Waals surface area (Å²) in [5, 5.41) is 3.38. The minimum Gasteiger partial charge on any atom is -0.494 e. The van der Waals surface area contributed by atoms with Crippen molar-refractivity contribution >= 4 is 29.2 Å². The Balaban J connectivity index is 2.25. The number of benzene rings is 1. The minimum atomic E-state index is -0.609. The quantitative estimate of drug-likeness (QED) is 0.871. The molecule has 0 amide bonds. The summed E-state index contributed by atoms with van der Waals surface area (Å²) in [6.45, 7) is 0. The first-order valence-corrected chi connectivity index (χ1v) is 6.21. The molecule has 0 fully saturated rings. The van der Waals surface area contributed by atoms with Crippen LogP contribution in [0.4, 0.5) is 0 Å². The highest BCUT2D eigenvalue weighted by Gasteiger charge is 2.23. The van der Waals surface area contributed by atoms with Crippen molar-refractivity contribution in [3.8, 4) is 5.75 Å². The van der Waals surface area contributed by atoms with Gasteiger partial charge in [-0.15, -0.1) is 0 Å². The van der Waals surface area contributed by atoms with Crippen LogP contribution in [-0.4, -0.2) is 19.3 Å². The molecule has 100 valence electrons. The zero-order valence-corrected chi connectivity index (χ0v) is 11.5. The lowest BCUT2D eigenvalue weighted by Crippen LogP contribution is -2.29. The summed E-state index contributed by atoms with van der Waals surface area (Å²) in [6, 6.07) is 3.08. The van der Waals surface area contributed by atoms with Gasteiger partial charge in [0.25, 0.3) is 0 Å². The summed E-state index contributed by atoms with van der Waals surface area (Å²) in [5.74, 6) is -0.406. The van der Waals surface area contributed by atoms with Crippen molar-refractivity contribution in [1.29, 1.82) is 0 Å². The summed E-state index contributed by atoms with van der Waals surface area (Å²) in [4.78, 5) is 12.1. The molecule has 0 aromatic heterocycles. The second-order valence-corrected chi connectivity index (χ2v) is 4.49. The third kappa shape index (κ3) is 3.03. The maximum atomic E-state index is 12.1. The Morgan fingerprint density at radius 2 is 2.00 bits per heavy atom. The Kier molecular flexibility index (Phi) is 4.35. The first kappa shape index (κ1) is 13.8. The van der Waals surface area contributed by atoms with Crippen molar-refractivity contribution < 1.29 is 14.3 Å². The Bertz CT molecular complexity index is 555. The third-order valence-corrected chi connectivity index (χ3v) is 3.07. The maximum Gasteiger partial charge on any atom is 0.345 e. The summed E-state index contributed by atoms with van der Waals surface area (Å²) < 4.78 is 10.3. The fraction of sp³-hybridized carbons (Fsp3) is 0.154. The second kappa shape index (κ2) is 5.99. The molecule has 1 N–H and O–H groups in total. The molecule has 0 radical (unpaired) electrons. The molecule has 4 nitrogen and oxygen atoms in total. The van der Waals surface area contributed by atoms with Crippen LogP contribution in [0.5, 0.6) is 5.75 Å². The van der Waals surface area contributed by atoms with Gasteiger partial charge >= 0.3 is 5.97 Å². The molecule has 19 heavy (non-hydrogen) atoms. The highest BCUT2D eigenvalue weighted by atomic mass is 35.5. The van der Waals surface area contributed by atoms with E-state index < -0.39 is 12.2 Å². The van der Waals surface area contributed by atoms with E-state index in [0.29, 0.717) is 5.02 Å². The smallest absolute Gasteiger partial charge is 0.345 e. The van der Waals surface area contributed by atoms with Crippen molar-refractivity contribution in [2.45, 2.75) is 6.23 Å². The van der Waals surface area contributed by atoms with Crippen LogP contribution in [0.1, 0.15) is 10.4 Å². The lowest BCUT2D eigenvalue weighted by molar-refractivity contribution is 0.0353. The van der Waals surface area contributed by atoms with E-state index in [1.54, 1.807) is 30.5 Å². The van der Waals surface area contributed by atoms with Crippen molar-refractivity contribution in [2.75, 3.05) is 7.11 Å². The maximum absolute atomic E-state index is 12.1. The van der Waals surface area contributed by atoms with E-state index >= 15 is 0 Å². The largest absolute Gasteiger partial charge is 0.494 e. The van der Waals surface area contributed by atoms with Gasteiger partial charge in [0.05, 0.1) is 17.2 Å². The molecule has 1 atom stereocenters. The molecule has 2 rings (SSSR count). The van der Waals surface area contributed by atoms with Gasteiger partial charge < -0.3 is 14.8 Å². The van der Waals surface area contributed by atoms with Gasteiger partial charge in [0, 0.05) is 0 Å². The number of nitrogens with one attached hydrogen (secondary N) is 1. The zero-order valence-electron chi connectivity index (χ0n) is 10.0. The number of hydrogen-bond acceptors (Lipinski definition) is 4. The van der Waals surface area contributed by atoms with E-state index in [2.05, 4.69) is 5.32 Å². The van der Waals surface area contributed by atoms with Gasteiger partial charge in [-0.05, 0) is 30.5 Å². The zero-order chi connectivity index (χ0) is 13.8. The molecule has 1 aromatic carbocycles. The van der Waals surface area contributed by atoms with E-state index in [4.69, 9.17) is 32.7 Å². The predicted molar refractivity (Wildman–Crippen MR) is 73.6 cm³/mol. The van der Waals surface area contributed by atoms with Gasteiger partial charge in [-0.25, -0.2) is 4.79 Å². The van der Waals surface area contributed by atoms with E-state index in [1.165, 1.54) is 13.2 Å². The van der Waals surface area contributed by atoms with Crippen molar-refractivity contribution in [3.05, 3.63) is 52.2 Å². The molecular formula is C13H11Cl2NO3. The monoisotopic (exact) mass is 299 g/mol. The number of ether oxygens (including phenoxy) is 2. The van der Waals surface area contributed by atoms with Gasteiger partial charge in [-0.2, -0.15) is 0 Å². The van der Waals surface area contributed by atoms with Gasteiger partial charge in [-0.1, -0.05) is 29.3 Å². The van der Waals surface area contributed by atoms with E-state index in [9.17, 15) is 4.79 Å². The predicted octanol–water partition coefficient (Wildman–Crippen LogP) is 3.16. The minimum absolute atomic E-state index is 0.112. The Hall–Kier alpha value is -1.65. The van der Waals surface area contributed by atoms with Crippen LogP contribution < -0.4 is 10.1 Å². The molecule has 1 aromatic rings. The first-order valence-electron chi connectivity index (χ1n) is 5.46. The number of hydrogen-bond donors (Lipinski definition) is 1.